The number of carbonyl (C=O) groups excluding carboxylic acids is 1. The van der Waals surface area contributed by atoms with Crippen LogP contribution in [0.25, 0.3) is 11.1 Å². The van der Waals surface area contributed by atoms with Gasteiger partial charge in [0.05, 0.1) is 24.9 Å². The Morgan fingerprint density at radius 1 is 1.08 bits per heavy atom. The number of carbonyl (C=O) groups is 1. The molecule has 0 aromatic heterocycles. The van der Waals surface area contributed by atoms with Crippen LogP contribution in [0.3, 0.4) is 0 Å². The fourth-order valence-corrected chi connectivity index (χ4v) is 3.15. The monoisotopic (exact) mass is 338 g/mol. The summed E-state index contributed by atoms with van der Waals surface area (Å²) in [5.41, 5.74) is 3.75. The first-order valence-corrected chi connectivity index (χ1v) is 8.27. The molecule has 2 aromatic rings. The van der Waals surface area contributed by atoms with E-state index in [2.05, 4.69) is 17.3 Å². The molecular weight excluding hydrogens is 316 g/mol. The molecule has 0 unspecified atom stereocenters. The number of nitrogens with zero attached hydrogens (tertiary/aromatic N) is 2. The fourth-order valence-electron chi connectivity index (χ4n) is 3.15. The predicted molar refractivity (Wildman–Crippen MR) is 97.6 cm³/mol. The highest BCUT2D eigenvalue weighted by Crippen LogP contribution is 2.23. The Bertz CT molecular complexity index is 741. The van der Waals surface area contributed by atoms with Gasteiger partial charge in [0, 0.05) is 19.1 Å². The number of oxime groups is 1. The minimum absolute atomic E-state index is 0.0111. The highest BCUT2D eigenvalue weighted by atomic mass is 16.6. The van der Waals surface area contributed by atoms with Crippen LogP contribution in [0.15, 0.2) is 59.8 Å². The minimum Gasteiger partial charge on any atom is -0.399 e. The molecule has 1 aliphatic rings. The zero-order valence-corrected chi connectivity index (χ0v) is 14.5. The van der Waals surface area contributed by atoms with Crippen LogP contribution in [0.1, 0.15) is 16.8 Å². The number of ether oxygens (including phenoxy) is 1. The summed E-state index contributed by atoms with van der Waals surface area (Å²) in [6.45, 7) is 0.956. The van der Waals surface area contributed by atoms with Crippen molar-refractivity contribution >= 4 is 11.6 Å². The predicted octanol–water partition coefficient (Wildman–Crippen LogP) is 3.22. The summed E-state index contributed by atoms with van der Waals surface area (Å²) in [7, 11) is 3.16. The van der Waals surface area contributed by atoms with Crippen molar-refractivity contribution in [1.29, 1.82) is 0 Å². The van der Waals surface area contributed by atoms with Gasteiger partial charge in [-0.25, -0.2) is 0 Å². The number of hydrogen-bond acceptors (Lipinski definition) is 4. The first kappa shape index (κ1) is 17.2. The molecule has 3 rings (SSSR count). The van der Waals surface area contributed by atoms with Crippen molar-refractivity contribution in [2.24, 2.45) is 5.16 Å². The Kier molecular flexibility index (Phi) is 5.46. The highest BCUT2D eigenvalue weighted by molar-refractivity contribution is 6.00. The van der Waals surface area contributed by atoms with E-state index in [0.29, 0.717) is 25.1 Å². The lowest BCUT2D eigenvalue weighted by Crippen LogP contribution is -2.38. The highest BCUT2D eigenvalue weighted by Gasteiger charge is 2.33. The quantitative estimate of drug-likeness (QED) is 0.787. The third-order valence-electron chi connectivity index (χ3n) is 4.34. The van der Waals surface area contributed by atoms with Crippen LogP contribution in [0, 0.1) is 0 Å². The van der Waals surface area contributed by atoms with Gasteiger partial charge < -0.3 is 14.5 Å². The van der Waals surface area contributed by atoms with Crippen molar-refractivity contribution in [3.63, 3.8) is 0 Å². The molecule has 1 aliphatic heterocycles. The summed E-state index contributed by atoms with van der Waals surface area (Å²) in [6, 6.07) is 17.8. The second-order valence-electron chi connectivity index (χ2n) is 6.03. The fraction of sp³-hybridized carbons (Fsp3) is 0.300. The Morgan fingerprint density at radius 2 is 1.76 bits per heavy atom. The molecule has 130 valence electrons. The largest absolute Gasteiger partial charge is 0.399 e. The zero-order chi connectivity index (χ0) is 17.6. The van der Waals surface area contributed by atoms with Gasteiger partial charge in [-0.15, -0.1) is 0 Å². The molecule has 1 atom stereocenters. The molecule has 0 N–H and O–H groups in total. The molecule has 5 heteroatoms. The van der Waals surface area contributed by atoms with E-state index in [1.165, 1.54) is 7.11 Å². The molecule has 1 saturated heterocycles. The van der Waals surface area contributed by atoms with Crippen molar-refractivity contribution in [2.45, 2.75) is 12.5 Å². The van der Waals surface area contributed by atoms with E-state index < -0.39 is 0 Å². The average molecular weight is 338 g/mol. The van der Waals surface area contributed by atoms with Crippen molar-refractivity contribution < 1.29 is 14.4 Å². The van der Waals surface area contributed by atoms with E-state index in [0.717, 1.165) is 16.8 Å². The maximum Gasteiger partial charge on any atom is 0.254 e. The van der Waals surface area contributed by atoms with E-state index in [-0.39, 0.29) is 11.9 Å². The van der Waals surface area contributed by atoms with Crippen molar-refractivity contribution in [1.82, 2.24) is 4.90 Å². The summed E-state index contributed by atoms with van der Waals surface area (Å²) in [4.78, 5) is 19.6. The molecule has 0 aliphatic carbocycles. The molecule has 2 aromatic carbocycles. The number of hydrogen-bond donors (Lipinski definition) is 0. The number of likely N-dealkylation sites (tertiary alicyclic amines) is 1. The van der Waals surface area contributed by atoms with Gasteiger partial charge in [-0.3, -0.25) is 4.79 Å². The van der Waals surface area contributed by atoms with E-state index >= 15 is 0 Å². The maximum atomic E-state index is 12.9. The van der Waals surface area contributed by atoms with Crippen LogP contribution in [-0.4, -0.2) is 49.9 Å². The van der Waals surface area contributed by atoms with Crippen molar-refractivity contribution in [3.05, 3.63) is 60.2 Å². The molecule has 1 heterocycles. The lowest BCUT2D eigenvalue weighted by atomic mass is 10.0. The summed E-state index contributed by atoms with van der Waals surface area (Å²) < 4.78 is 5.26. The molecule has 1 fully saturated rings. The van der Waals surface area contributed by atoms with Gasteiger partial charge in [-0.05, 0) is 23.3 Å². The van der Waals surface area contributed by atoms with Crippen LogP contribution < -0.4 is 0 Å². The van der Waals surface area contributed by atoms with Gasteiger partial charge in [0.25, 0.3) is 5.91 Å². The van der Waals surface area contributed by atoms with Gasteiger partial charge in [-0.2, -0.15) is 0 Å². The lowest BCUT2D eigenvalue weighted by molar-refractivity contribution is 0.0632. The van der Waals surface area contributed by atoms with E-state index in [9.17, 15) is 4.79 Å². The van der Waals surface area contributed by atoms with Crippen LogP contribution in [0.2, 0.25) is 0 Å². The minimum atomic E-state index is -0.0137. The van der Waals surface area contributed by atoms with Gasteiger partial charge in [0.15, 0.2) is 0 Å². The SMILES string of the molecule is COC[C@@H]1CC(=NOC)CN1C(=O)c1ccc(-c2ccccc2)cc1. The zero-order valence-electron chi connectivity index (χ0n) is 14.5. The molecule has 0 saturated carbocycles. The molecule has 0 radical (unpaired) electrons. The number of amides is 1. The first-order valence-electron chi connectivity index (χ1n) is 8.27. The van der Waals surface area contributed by atoms with Crippen LogP contribution in [-0.2, 0) is 9.57 Å². The second-order valence-corrected chi connectivity index (χ2v) is 6.03. The van der Waals surface area contributed by atoms with Gasteiger partial charge >= 0.3 is 0 Å². The van der Waals surface area contributed by atoms with Crippen molar-refractivity contribution in [2.75, 3.05) is 27.4 Å². The summed E-state index contributed by atoms with van der Waals surface area (Å²) >= 11 is 0. The molecule has 0 bridgehead atoms. The standard InChI is InChI=1S/C20H22N2O3/c1-24-14-19-12-18(21-25-2)13-22(19)20(23)17-10-8-16(9-11-17)15-6-4-3-5-7-15/h3-11,19H,12-14H2,1-2H3/t19-/m0/s1. The van der Waals surface area contributed by atoms with Crippen molar-refractivity contribution in [3.8, 4) is 11.1 Å². The summed E-state index contributed by atoms with van der Waals surface area (Å²) in [5.74, 6) is -0.0111. The maximum absolute atomic E-state index is 12.9. The first-order chi connectivity index (χ1) is 12.2. The molecule has 0 spiro atoms. The normalized spacial score (nSPS) is 18.6. The van der Waals surface area contributed by atoms with Crippen LogP contribution >= 0.6 is 0 Å². The third-order valence-corrected chi connectivity index (χ3v) is 4.34. The Morgan fingerprint density at radius 3 is 2.40 bits per heavy atom. The topological polar surface area (TPSA) is 51.1 Å². The van der Waals surface area contributed by atoms with Crippen LogP contribution in [0.5, 0.6) is 0 Å². The molecular formula is C20H22N2O3. The number of methoxy groups -OCH3 is 1. The van der Waals surface area contributed by atoms with E-state index in [4.69, 9.17) is 9.57 Å². The Labute approximate surface area is 147 Å². The van der Waals surface area contributed by atoms with Crippen LogP contribution in [0.4, 0.5) is 0 Å². The Hall–Kier alpha value is -2.66. The van der Waals surface area contributed by atoms with E-state index in [1.54, 1.807) is 12.0 Å². The Balaban J connectivity index is 1.78. The third kappa shape index (κ3) is 3.88. The van der Waals surface area contributed by atoms with Gasteiger partial charge in [0.2, 0.25) is 0 Å². The number of benzene rings is 2. The second kappa shape index (κ2) is 7.94. The summed E-state index contributed by atoms with van der Waals surface area (Å²) in [6.07, 6.45) is 0.676. The van der Waals surface area contributed by atoms with E-state index in [1.807, 2.05) is 42.5 Å². The van der Waals surface area contributed by atoms with Gasteiger partial charge in [-0.1, -0.05) is 47.6 Å². The summed E-state index contributed by atoms with van der Waals surface area (Å²) in [5, 5.41) is 4.00. The number of rotatable bonds is 5. The smallest absolute Gasteiger partial charge is 0.254 e. The van der Waals surface area contributed by atoms with Gasteiger partial charge in [0.1, 0.15) is 7.11 Å². The molecule has 5 nitrogen and oxygen atoms in total. The molecule has 25 heavy (non-hydrogen) atoms. The lowest BCUT2D eigenvalue weighted by Gasteiger charge is -2.23. The average Bonchev–Trinajstić information content (AvgIpc) is 3.05. The molecule has 1 amide bonds.